The van der Waals surface area contributed by atoms with E-state index in [0.717, 1.165) is 28.0 Å². The van der Waals surface area contributed by atoms with E-state index in [-0.39, 0.29) is 5.91 Å². The van der Waals surface area contributed by atoms with Crippen molar-refractivity contribution in [2.45, 2.75) is 0 Å². The quantitative estimate of drug-likeness (QED) is 0.363. The normalized spacial score (nSPS) is 10.8. The molecule has 0 saturated carbocycles. The maximum atomic E-state index is 12.8. The van der Waals surface area contributed by atoms with E-state index in [9.17, 15) is 4.79 Å². The monoisotopic (exact) mass is 416 g/mol. The molecule has 5 aromatic rings. The van der Waals surface area contributed by atoms with E-state index in [0.29, 0.717) is 22.5 Å². The van der Waals surface area contributed by atoms with Crippen molar-refractivity contribution in [1.82, 2.24) is 9.97 Å². The predicted octanol–water partition coefficient (Wildman–Crippen LogP) is 5.80. The van der Waals surface area contributed by atoms with Crippen LogP contribution in [0.1, 0.15) is 10.4 Å². The van der Waals surface area contributed by atoms with E-state index in [1.54, 1.807) is 36.4 Å². The molecular weight excluding hydrogens is 396 g/mol. The molecule has 4 aromatic carbocycles. The second kappa shape index (κ2) is 8.32. The molecule has 0 saturated heterocycles. The van der Waals surface area contributed by atoms with Gasteiger partial charge in [-0.1, -0.05) is 60.7 Å². The molecule has 1 amide bonds. The van der Waals surface area contributed by atoms with E-state index < -0.39 is 0 Å². The summed E-state index contributed by atoms with van der Waals surface area (Å²) in [6, 6.07) is 32.4. The van der Waals surface area contributed by atoms with Gasteiger partial charge in [-0.05, 0) is 42.5 Å². The summed E-state index contributed by atoms with van der Waals surface area (Å²) in [7, 11) is 0. The number of rotatable bonds is 4. The van der Waals surface area contributed by atoms with Gasteiger partial charge in [-0.25, -0.2) is 9.97 Å². The Kier molecular flexibility index (Phi) is 5.06. The van der Waals surface area contributed by atoms with E-state index in [2.05, 4.69) is 5.32 Å². The molecule has 0 atom stereocenters. The lowest BCUT2D eigenvalue weighted by Gasteiger charge is -2.11. The van der Waals surface area contributed by atoms with Crippen LogP contribution in [0.2, 0.25) is 0 Å². The highest BCUT2D eigenvalue weighted by Gasteiger charge is 2.15. The number of amides is 1. The Labute approximate surface area is 185 Å². The molecule has 0 unspecified atom stereocenters. The number of carbonyl (C=O) groups is 1. The lowest BCUT2D eigenvalue weighted by molar-refractivity contribution is 0.102. The number of nitrogen functional groups attached to an aromatic ring is 1. The molecule has 0 aliphatic rings. The van der Waals surface area contributed by atoms with Crippen molar-refractivity contribution < 1.29 is 4.79 Å². The predicted molar refractivity (Wildman–Crippen MR) is 129 cm³/mol. The highest BCUT2D eigenvalue weighted by molar-refractivity contribution is 6.06. The van der Waals surface area contributed by atoms with Gasteiger partial charge in [0.05, 0.1) is 22.4 Å². The van der Waals surface area contributed by atoms with Crippen LogP contribution >= 0.6 is 0 Å². The maximum Gasteiger partial charge on any atom is 0.255 e. The van der Waals surface area contributed by atoms with Gasteiger partial charge in [0.25, 0.3) is 5.91 Å². The van der Waals surface area contributed by atoms with Gasteiger partial charge >= 0.3 is 0 Å². The Morgan fingerprint density at radius 2 is 1.22 bits per heavy atom. The van der Waals surface area contributed by atoms with Crippen molar-refractivity contribution >= 4 is 28.3 Å². The summed E-state index contributed by atoms with van der Waals surface area (Å²) in [6.45, 7) is 0. The third-order valence-electron chi connectivity index (χ3n) is 5.19. The Bertz CT molecular complexity index is 1400. The SMILES string of the molecule is Nc1ccc(NC(=O)c2ccc3nc(-c4ccccc4)c(-c4ccccc4)nc3c2)cc1. The standard InChI is InChI=1S/C27H20N4O/c28-21-12-14-22(15-13-21)29-27(32)20-11-16-23-24(17-20)31-26(19-9-5-2-6-10-19)25(30-23)18-7-3-1-4-8-18/h1-17H,28H2,(H,29,32). The number of anilines is 2. The fourth-order valence-corrected chi connectivity index (χ4v) is 3.56. The van der Waals surface area contributed by atoms with Crippen molar-refractivity contribution in [3.05, 3.63) is 109 Å². The number of carbonyl (C=O) groups excluding carboxylic acids is 1. The number of benzene rings is 4. The van der Waals surface area contributed by atoms with E-state index in [1.165, 1.54) is 0 Å². The molecule has 0 bridgehead atoms. The summed E-state index contributed by atoms with van der Waals surface area (Å²) in [4.78, 5) is 22.6. The molecule has 1 aromatic heterocycles. The summed E-state index contributed by atoms with van der Waals surface area (Å²) in [5, 5.41) is 2.89. The largest absolute Gasteiger partial charge is 0.399 e. The minimum absolute atomic E-state index is 0.216. The molecule has 0 fully saturated rings. The van der Waals surface area contributed by atoms with Gasteiger partial charge in [0, 0.05) is 28.1 Å². The van der Waals surface area contributed by atoms with Crippen molar-refractivity contribution in [2.75, 3.05) is 11.1 Å². The average molecular weight is 416 g/mol. The Hall–Kier alpha value is -4.51. The van der Waals surface area contributed by atoms with Gasteiger partial charge in [0.15, 0.2) is 0 Å². The summed E-state index contributed by atoms with van der Waals surface area (Å²) in [6.07, 6.45) is 0. The van der Waals surface area contributed by atoms with Crippen LogP contribution in [0.5, 0.6) is 0 Å². The Morgan fingerprint density at radius 3 is 1.81 bits per heavy atom. The number of hydrogen-bond donors (Lipinski definition) is 2. The van der Waals surface area contributed by atoms with E-state index in [1.807, 2.05) is 66.7 Å². The number of nitrogens with two attached hydrogens (primary N) is 1. The van der Waals surface area contributed by atoms with Crippen LogP contribution in [-0.2, 0) is 0 Å². The summed E-state index contributed by atoms with van der Waals surface area (Å²) in [5.41, 5.74) is 12.5. The molecule has 0 radical (unpaired) electrons. The Morgan fingerprint density at radius 1 is 0.656 bits per heavy atom. The number of nitrogens with one attached hydrogen (secondary N) is 1. The zero-order valence-corrected chi connectivity index (χ0v) is 17.2. The summed E-state index contributed by atoms with van der Waals surface area (Å²) < 4.78 is 0. The first-order chi connectivity index (χ1) is 15.7. The van der Waals surface area contributed by atoms with Crippen molar-refractivity contribution in [1.29, 1.82) is 0 Å². The topological polar surface area (TPSA) is 80.9 Å². The lowest BCUT2D eigenvalue weighted by Crippen LogP contribution is -2.12. The average Bonchev–Trinajstić information content (AvgIpc) is 2.85. The number of fused-ring (bicyclic) bond motifs is 1. The Balaban J connectivity index is 1.59. The van der Waals surface area contributed by atoms with Crippen LogP contribution in [0.15, 0.2) is 103 Å². The minimum Gasteiger partial charge on any atom is -0.399 e. The second-order valence-electron chi connectivity index (χ2n) is 7.43. The van der Waals surface area contributed by atoms with Gasteiger partial charge in [-0.15, -0.1) is 0 Å². The van der Waals surface area contributed by atoms with Crippen LogP contribution in [0.25, 0.3) is 33.5 Å². The molecule has 5 nitrogen and oxygen atoms in total. The van der Waals surface area contributed by atoms with Crippen LogP contribution in [0.4, 0.5) is 11.4 Å². The molecule has 1 heterocycles. The highest BCUT2D eigenvalue weighted by Crippen LogP contribution is 2.31. The zero-order valence-electron chi connectivity index (χ0n) is 17.2. The molecule has 0 aliphatic heterocycles. The maximum absolute atomic E-state index is 12.8. The zero-order chi connectivity index (χ0) is 21.9. The van der Waals surface area contributed by atoms with Gasteiger partial charge in [0.1, 0.15) is 0 Å². The number of nitrogens with zero attached hydrogens (tertiary/aromatic N) is 2. The summed E-state index contributed by atoms with van der Waals surface area (Å²) >= 11 is 0. The molecule has 154 valence electrons. The van der Waals surface area contributed by atoms with Crippen LogP contribution in [-0.4, -0.2) is 15.9 Å². The second-order valence-corrected chi connectivity index (χ2v) is 7.43. The third kappa shape index (κ3) is 3.91. The van der Waals surface area contributed by atoms with Gasteiger partial charge in [-0.2, -0.15) is 0 Å². The minimum atomic E-state index is -0.216. The van der Waals surface area contributed by atoms with E-state index in [4.69, 9.17) is 15.7 Å². The van der Waals surface area contributed by atoms with Crippen LogP contribution < -0.4 is 11.1 Å². The molecular formula is C27H20N4O. The van der Waals surface area contributed by atoms with Crippen molar-refractivity contribution in [3.8, 4) is 22.5 Å². The number of hydrogen-bond acceptors (Lipinski definition) is 4. The fraction of sp³-hybridized carbons (Fsp3) is 0. The molecule has 5 heteroatoms. The third-order valence-corrected chi connectivity index (χ3v) is 5.19. The molecule has 0 aliphatic carbocycles. The molecule has 0 spiro atoms. The first-order valence-electron chi connectivity index (χ1n) is 10.3. The van der Waals surface area contributed by atoms with Crippen LogP contribution in [0, 0.1) is 0 Å². The van der Waals surface area contributed by atoms with Gasteiger partial charge < -0.3 is 11.1 Å². The first-order valence-corrected chi connectivity index (χ1v) is 10.3. The van der Waals surface area contributed by atoms with Crippen molar-refractivity contribution in [2.24, 2.45) is 0 Å². The number of aromatic nitrogens is 2. The van der Waals surface area contributed by atoms with E-state index >= 15 is 0 Å². The highest BCUT2D eigenvalue weighted by atomic mass is 16.1. The summed E-state index contributed by atoms with van der Waals surface area (Å²) in [5.74, 6) is -0.216. The molecule has 5 rings (SSSR count). The van der Waals surface area contributed by atoms with Gasteiger partial charge in [-0.3, -0.25) is 4.79 Å². The smallest absolute Gasteiger partial charge is 0.255 e. The first kappa shape index (κ1) is 19.5. The molecule has 3 N–H and O–H groups in total. The molecule has 32 heavy (non-hydrogen) atoms. The van der Waals surface area contributed by atoms with Crippen molar-refractivity contribution in [3.63, 3.8) is 0 Å². The van der Waals surface area contributed by atoms with Gasteiger partial charge in [0.2, 0.25) is 0 Å². The lowest BCUT2D eigenvalue weighted by atomic mass is 10.0. The fourth-order valence-electron chi connectivity index (χ4n) is 3.56. The van der Waals surface area contributed by atoms with Crippen LogP contribution in [0.3, 0.4) is 0 Å².